The summed E-state index contributed by atoms with van der Waals surface area (Å²) in [5, 5.41) is 11.7. The summed E-state index contributed by atoms with van der Waals surface area (Å²) in [6.45, 7) is 4.36. The summed E-state index contributed by atoms with van der Waals surface area (Å²) < 4.78 is 5.24. The molecule has 2 rings (SSSR count). The van der Waals surface area contributed by atoms with Crippen LogP contribution in [0.25, 0.3) is 0 Å². The minimum Gasteiger partial charge on any atom is -0.481 e. The van der Waals surface area contributed by atoms with Gasteiger partial charge in [-0.3, -0.25) is 14.4 Å². The number of morpholine rings is 1. The first kappa shape index (κ1) is 14.8. The number of carbonyl (C=O) groups excluding carboxylic acids is 2. The molecule has 0 aromatic carbocycles. The molecule has 2 aliphatic rings. The summed E-state index contributed by atoms with van der Waals surface area (Å²) in [4.78, 5) is 37.0. The maximum atomic E-state index is 12.5. The Balaban J connectivity index is 2.15. The zero-order valence-corrected chi connectivity index (χ0v) is 11.9. The van der Waals surface area contributed by atoms with Crippen LogP contribution in [0.3, 0.4) is 0 Å². The van der Waals surface area contributed by atoms with Crippen molar-refractivity contribution in [3.05, 3.63) is 0 Å². The fourth-order valence-corrected chi connectivity index (χ4v) is 2.99. The van der Waals surface area contributed by atoms with Gasteiger partial charge in [-0.1, -0.05) is 13.8 Å². The highest BCUT2D eigenvalue weighted by Gasteiger charge is 2.67. The number of amides is 2. The number of carboxylic acid groups (broad SMARTS) is 1. The molecule has 1 heterocycles. The third kappa shape index (κ3) is 2.26. The van der Waals surface area contributed by atoms with Gasteiger partial charge in [0, 0.05) is 13.6 Å². The van der Waals surface area contributed by atoms with Crippen molar-refractivity contribution in [1.82, 2.24) is 10.2 Å². The standard InChI is InChI=1S/C13H20N2O5/c1-13(2)8(9(13)12(18)19)11(17)15-4-5-20-6-7(15)10(16)14-3/h7-9H,4-6H2,1-3H3,(H,14,16)(H,18,19)/t7?,8-,9+/m1/s1. The third-order valence-corrected chi connectivity index (χ3v) is 4.32. The first-order chi connectivity index (χ1) is 9.32. The molecule has 1 saturated carbocycles. The third-order valence-electron chi connectivity index (χ3n) is 4.32. The van der Waals surface area contributed by atoms with E-state index in [1.807, 2.05) is 0 Å². The van der Waals surface area contributed by atoms with Gasteiger partial charge in [-0.2, -0.15) is 0 Å². The molecular weight excluding hydrogens is 264 g/mol. The average molecular weight is 284 g/mol. The number of rotatable bonds is 3. The Labute approximate surface area is 117 Å². The number of aliphatic carboxylic acids is 1. The van der Waals surface area contributed by atoms with Gasteiger partial charge in [-0.15, -0.1) is 0 Å². The van der Waals surface area contributed by atoms with Crippen LogP contribution in [-0.2, 0) is 19.1 Å². The van der Waals surface area contributed by atoms with Crippen molar-refractivity contribution in [1.29, 1.82) is 0 Å². The maximum Gasteiger partial charge on any atom is 0.307 e. The minimum atomic E-state index is -0.960. The fraction of sp³-hybridized carbons (Fsp3) is 0.769. The van der Waals surface area contributed by atoms with Gasteiger partial charge in [0.1, 0.15) is 6.04 Å². The molecule has 0 spiro atoms. The van der Waals surface area contributed by atoms with E-state index in [1.54, 1.807) is 13.8 Å². The molecule has 1 aliphatic heterocycles. The van der Waals surface area contributed by atoms with Crippen LogP contribution >= 0.6 is 0 Å². The van der Waals surface area contributed by atoms with Crippen LogP contribution in [0, 0.1) is 17.3 Å². The van der Waals surface area contributed by atoms with E-state index in [2.05, 4.69) is 5.32 Å². The van der Waals surface area contributed by atoms with Crippen LogP contribution < -0.4 is 5.32 Å². The molecule has 7 heteroatoms. The van der Waals surface area contributed by atoms with E-state index in [1.165, 1.54) is 11.9 Å². The Morgan fingerprint density at radius 2 is 1.95 bits per heavy atom. The summed E-state index contributed by atoms with van der Waals surface area (Å²) in [7, 11) is 1.50. The van der Waals surface area contributed by atoms with E-state index in [4.69, 9.17) is 9.84 Å². The van der Waals surface area contributed by atoms with Crippen LogP contribution in [0.1, 0.15) is 13.8 Å². The molecule has 1 aliphatic carbocycles. The first-order valence-electron chi connectivity index (χ1n) is 6.65. The molecule has 0 bridgehead atoms. The van der Waals surface area contributed by atoms with Gasteiger partial charge in [-0.05, 0) is 5.41 Å². The summed E-state index contributed by atoms with van der Waals surface area (Å²) in [6, 6.07) is -0.674. The van der Waals surface area contributed by atoms with Gasteiger partial charge in [0.25, 0.3) is 0 Å². The van der Waals surface area contributed by atoms with E-state index in [9.17, 15) is 14.4 Å². The van der Waals surface area contributed by atoms with Crippen molar-refractivity contribution < 1.29 is 24.2 Å². The van der Waals surface area contributed by atoms with E-state index in [-0.39, 0.29) is 18.4 Å². The first-order valence-corrected chi connectivity index (χ1v) is 6.65. The zero-order chi connectivity index (χ0) is 15.1. The van der Waals surface area contributed by atoms with Gasteiger partial charge in [0.05, 0.1) is 25.0 Å². The van der Waals surface area contributed by atoms with Crippen LogP contribution in [0.5, 0.6) is 0 Å². The Hall–Kier alpha value is -1.63. The molecule has 0 aromatic rings. The van der Waals surface area contributed by atoms with Crippen molar-refractivity contribution >= 4 is 17.8 Å². The summed E-state index contributed by atoms with van der Waals surface area (Å²) in [6.07, 6.45) is 0. The quantitative estimate of drug-likeness (QED) is 0.715. The number of carbonyl (C=O) groups is 3. The maximum absolute atomic E-state index is 12.5. The molecule has 2 amide bonds. The van der Waals surface area contributed by atoms with Gasteiger partial charge in [0.2, 0.25) is 11.8 Å². The lowest BCUT2D eigenvalue weighted by Gasteiger charge is -2.34. The van der Waals surface area contributed by atoms with Gasteiger partial charge in [0.15, 0.2) is 0 Å². The zero-order valence-electron chi connectivity index (χ0n) is 11.9. The molecule has 2 N–H and O–H groups in total. The lowest BCUT2D eigenvalue weighted by atomic mass is 10.1. The molecular formula is C13H20N2O5. The average Bonchev–Trinajstić information content (AvgIpc) is 3.00. The summed E-state index contributed by atoms with van der Waals surface area (Å²) >= 11 is 0. The highest BCUT2D eigenvalue weighted by Crippen LogP contribution is 2.59. The lowest BCUT2D eigenvalue weighted by molar-refractivity contribution is -0.151. The molecule has 7 nitrogen and oxygen atoms in total. The minimum absolute atomic E-state index is 0.149. The molecule has 1 unspecified atom stereocenters. The second kappa shape index (κ2) is 5.05. The van der Waals surface area contributed by atoms with E-state index in [0.717, 1.165) is 0 Å². The fourth-order valence-electron chi connectivity index (χ4n) is 2.99. The SMILES string of the molecule is CNC(=O)C1COCCN1C(=O)[C@H]1[C@@H](C(=O)O)C1(C)C. The van der Waals surface area contributed by atoms with Crippen molar-refractivity contribution in [2.24, 2.45) is 17.3 Å². The number of carboxylic acids is 1. The van der Waals surface area contributed by atoms with Crippen LogP contribution in [0.15, 0.2) is 0 Å². The van der Waals surface area contributed by atoms with Crippen LogP contribution in [-0.4, -0.2) is 60.6 Å². The molecule has 0 aromatic heterocycles. The van der Waals surface area contributed by atoms with Crippen molar-refractivity contribution in [3.63, 3.8) is 0 Å². The predicted octanol–water partition coefficient (Wildman–Crippen LogP) is -0.683. The van der Waals surface area contributed by atoms with Gasteiger partial charge >= 0.3 is 5.97 Å². The molecule has 0 radical (unpaired) electrons. The second-order valence-electron chi connectivity index (χ2n) is 5.85. The summed E-state index contributed by atoms with van der Waals surface area (Å²) in [5.41, 5.74) is -0.561. The number of nitrogens with zero attached hydrogens (tertiary/aromatic N) is 1. The predicted molar refractivity (Wildman–Crippen MR) is 68.8 cm³/mol. The number of ether oxygens (including phenoxy) is 1. The van der Waals surface area contributed by atoms with E-state index in [0.29, 0.717) is 13.2 Å². The van der Waals surface area contributed by atoms with Crippen molar-refractivity contribution in [2.75, 3.05) is 26.8 Å². The smallest absolute Gasteiger partial charge is 0.307 e. The summed E-state index contributed by atoms with van der Waals surface area (Å²) in [5.74, 6) is -2.76. The Bertz CT molecular complexity index is 448. The second-order valence-corrected chi connectivity index (χ2v) is 5.85. The number of likely N-dealkylation sites (N-methyl/N-ethyl adjacent to an activating group) is 1. The Kier molecular flexibility index (Phi) is 3.73. The molecule has 20 heavy (non-hydrogen) atoms. The largest absolute Gasteiger partial charge is 0.481 e. The number of hydrogen-bond donors (Lipinski definition) is 2. The highest BCUT2D eigenvalue weighted by molar-refractivity contribution is 5.94. The van der Waals surface area contributed by atoms with Crippen LogP contribution in [0.4, 0.5) is 0 Å². The number of hydrogen-bond acceptors (Lipinski definition) is 4. The Morgan fingerprint density at radius 1 is 1.30 bits per heavy atom. The topological polar surface area (TPSA) is 95.9 Å². The van der Waals surface area contributed by atoms with E-state index >= 15 is 0 Å². The monoisotopic (exact) mass is 284 g/mol. The Morgan fingerprint density at radius 3 is 2.45 bits per heavy atom. The number of nitrogens with one attached hydrogen (secondary N) is 1. The molecule has 1 saturated heterocycles. The lowest BCUT2D eigenvalue weighted by Crippen LogP contribution is -2.56. The van der Waals surface area contributed by atoms with E-state index < -0.39 is 29.3 Å². The van der Waals surface area contributed by atoms with Crippen molar-refractivity contribution in [2.45, 2.75) is 19.9 Å². The van der Waals surface area contributed by atoms with Crippen molar-refractivity contribution in [3.8, 4) is 0 Å². The molecule has 2 fully saturated rings. The molecule has 112 valence electrons. The van der Waals surface area contributed by atoms with Gasteiger partial charge < -0.3 is 20.1 Å². The van der Waals surface area contributed by atoms with Gasteiger partial charge in [-0.25, -0.2) is 0 Å². The highest BCUT2D eigenvalue weighted by atomic mass is 16.5. The van der Waals surface area contributed by atoms with Crippen LogP contribution in [0.2, 0.25) is 0 Å². The molecule has 3 atom stereocenters. The normalized spacial score (nSPS) is 31.6.